The summed E-state index contributed by atoms with van der Waals surface area (Å²) in [4.78, 5) is 4.53. The third kappa shape index (κ3) is 4.96. The van der Waals surface area contributed by atoms with Gasteiger partial charge in [-0.15, -0.1) is 0 Å². The molecule has 0 atom stereocenters. The molecule has 0 radical (unpaired) electrons. The summed E-state index contributed by atoms with van der Waals surface area (Å²) < 4.78 is 1.09. The minimum absolute atomic E-state index is 0.229. The number of H-pyrrole nitrogens is 1. The number of halogens is 1. The summed E-state index contributed by atoms with van der Waals surface area (Å²) in [5.41, 5.74) is 1.34. The molecular weight excluding hydrogens is 316 g/mol. The highest BCUT2D eigenvalue weighted by Gasteiger charge is 2.14. The van der Waals surface area contributed by atoms with Gasteiger partial charge in [0.25, 0.3) is 0 Å². The van der Waals surface area contributed by atoms with Crippen LogP contribution in [-0.2, 0) is 12.8 Å². The Hall–Kier alpha value is -1.36. The van der Waals surface area contributed by atoms with Crippen molar-refractivity contribution in [1.29, 1.82) is 0 Å². The second kappa shape index (κ2) is 6.39. The summed E-state index contributed by atoms with van der Waals surface area (Å²) in [6, 6.07) is 8.15. The van der Waals surface area contributed by atoms with E-state index >= 15 is 0 Å². The summed E-state index contributed by atoms with van der Waals surface area (Å²) in [5.74, 6) is 1.84. The van der Waals surface area contributed by atoms with E-state index in [0.717, 1.165) is 41.2 Å². The first-order chi connectivity index (χ1) is 9.42. The van der Waals surface area contributed by atoms with Gasteiger partial charge < -0.3 is 5.32 Å². The number of aromatic amines is 1. The highest BCUT2D eigenvalue weighted by molar-refractivity contribution is 9.10. The van der Waals surface area contributed by atoms with E-state index in [0.29, 0.717) is 0 Å². The third-order valence-corrected chi connectivity index (χ3v) is 3.33. The monoisotopic (exact) mass is 336 g/mol. The van der Waals surface area contributed by atoms with Crippen molar-refractivity contribution in [2.24, 2.45) is 5.41 Å². The normalized spacial score (nSPS) is 11.6. The van der Waals surface area contributed by atoms with E-state index < -0.39 is 0 Å². The van der Waals surface area contributed by atoms with Gasteiger partial charge in [-0.1, -0.05) is 36.7 Å². The summed E-state index contributed by atoms with van der Waals surface area (Å²) in [5, 5.41) is 10.6. The molecule has 108 valence electrons. The van der Waals surface area contributed by atoms with E-state index in [2.05, 4.69) is 57.2 Å². The lowest BCUT2D eigenvalue weighted by Gasteiger charge is -2.15. The van der Waals surface area contributed by atoms with Gasteiger partial charge in [0.2, 0.25) is 0 Å². The van der Waals surface area contributed by atoms with Gasteiger partial charge in [-0.05, 0) is 29.7 Å². The second-order valence-corrected chi connectivity index (χ2v) is 7.04. The van der Waals surface area contributed by atoms with Crippen LogP contribution in [0, 0.1) is 5.41 Å². The van der Waals surface area contributed by atoms with E-state index in [1.165, 1.54) is 0 Å². The molecule has 0 spiro atoms. The van der Waals surface area contributed by atoms with Crippen molar-refractivity contribution in [1.82, 2.24) is 15.2 Å². The molecule has 0 fully saturated rings. The molecule has 2 aromatic rings. The first-order valence-electron chi connectivity index (χ1n) is 6.82. The fourth-order valence-corrected chi connectivity index (χ4v) is 2.18. The zero-order chi connectivity index (χ0) is 14.6. The highest BCUT2D eigenvalue weighted by Crippen LogP contribution is 2.18. The van der Waals surface area contributed by atoms with Crippen molar-refractivity contribution in [3.8, 4) is 0 Å². The van der Waals surface area contributed by atoms with Gasteiger partial charge in [-0.3, -0.25) is 5.10 Å². The van der Waals surface area contributed by atoms with Crippen molar-refractivity contribution in [3.63, 3.8) is 0 Å². The molecular formula is C15H21BrN4. The summed E-state index contributed by atoms with van der Waals surface area (Å²) >= 11 is 3.42. The minimum atomic E-state index is 0.229. The Bertz CT molecular complexity index is 540. The first kappa shape index (κ1) is 15.0. The molecule has 4 nitrogen and oxygen atoms in total. The zero-order valence-electron chi connectivity index (χ0n) is 12.2. The Kier molecular flexibility index (Phi) is 4.81. The van der Waals surface area contributed by atoms with Crippen LogP contribution in [0.1, 0.15) is 32.4 Å². The average Bonchev–Trinajstić information content (AvgIpc) is 2.77. The number of hydrogen-bond acceptors (Lipinski definition) is 3. The van der Waals surface area contributed by atoms with Crippen LogP contribution in [0.3, 0.4) is 0 Å². The molecule has 0 aliphatic heterocycles. The van der Waals surface area contributed by atoms with Crippen LogP contribution in [-0.4, -0.2) is 21.7 Å². The van der Waals surface area contributed by atoms with Crippen LogP contribution >= 0.6 is 15.9 Å². The van der Waals surface area contributed by atoms with Crippen LogP contribution in [0.2, 0.25) is 0 Å². The van der Waals surface area contributed by atoms with Gasteiger partial charge in [0, 0.05) is 29.5 Å². The molecule has 2 rings (SSSR count). The first-order valence-corrected chi connectivity index (χ1v) is 7.61. The van der Waals surface area contributed by atoms with Crippen LogP contribution in [0.25, 0.3) is 0 Å². The Labute approximate surface area is 128 Å². The number of anilines is 1. The molecule has 20 heavy (non-hydrogen) atoms. The molecule has 2 N–H and O–H groups in total. The standard InChI is InChI=1S/C15H21BrN4/c1-15(2,3)10-14-18-13(19-20-14)8-9-17-12-6-4-11(16)5-7-12/h4-7,17H,8-10H2,1-3H3,(H,18,19,20). The fourth-order valence-electron chi connectivity index (χ4n) is 1.91. The number of benzene rings is 1. The Morgan fingerprint density at radius 1 is 1.20 bits per heavy atom. The van der Waals surface area contributed by atoms with Crippen molar-refractivity contribution < 1.29 is 0 Å². The van der Waals surface area contributed by atoms with Crippen molar-refractivity contribution in [2.45, 2.75) is 33.6 Å². The number of rotatable bonds is 5. The SMILES string of the molecule is CC(C)(C)Cc1nc(CCNc2ccc(Br)cc2)n[nH]1. The van der Waals surface area contributed by atoms with Crippen molar-refractivity contribution >= 4 is 21.6 Å². The van der Waals surface area contributed by atoms with Crippen molar-refractivity contribution in [3.05, 3.63) is 40.4 Å². The van der Waals surface area contributed by atoms with Crippen LogP contribution in [0.4, 0.5) is 5.69 Å². The van der Waals surface area contributed by atoms with Gasteiger partial charge in [-0.2, -0.15) is 5.10 Å². The van der Waals surface area contributed by atoms with E-state index in [4.69, 9.17) is 0 Å². The maximum Gasteiger partial charge on any atom is 0.152 e. The van der Waals surface area contributed by atoms with Crippen molar-refractivity contribution in [2.75, 3.05) is 11.9 Å². The lowest BCUT2D eigenvalue weighted by Crippen LogP contribution is -2.10. The molecule has 0 saturated heterocycles. The number of aromatic nitrogens is 3. The lowest BCUT2D eigenvalue weighted by atomic mass is 9.92. The number of nitrogens with zero attached hydrogens (tertiary/aromatic N) is 2. The summed E-state index contributed by atoms with van der Waals surface area (Å²) in [6.07, 6.45) is 1.73. The molecule has 1 aromatic carbocycles. The topological polar surface area (TPSA) is 53.6 Å². The quantitative estimate of drug-likeness (QED) is 0.872. The molecule has 0 unspecified atom stereocenters. The molecule has 0 amide bonds. The van der Waals surface area contributed by atoms with E-state index in [9.17, 15) is 0 Å². The van der Waals surface area contributed by atoms with Gasteiger partial charge in [0.15, 0.2) is 5.82 Å². The molecule has 0 saturated carbocycles. The lowest BCUT2D eigenvalue weighted by molar-refractivity contribution is 0.401. The molecule has 0 bridgehead atoms. The predicted molar refractivity (Wildman–Crippen MR) is 85.9 cm³/mol. The van der Waals surface area contributed by atoms with Gasteiger partial charge in [-0.25, -0.2) is 4.98 Å². The minimum Gasteiger partial charge on any atom is -0.385 e. The zero-order valence-corrected chi connectivity index (χ0v) is 13.8. The van der Waals surface area contributed by atoms with E-state index in [1.807, 2.05) is 24.3 Å². The summed E-state index contributed by atoms with van der Waals surface area (Å²) in [6.45, 7) is 7.42. The number of nitrogens with one attached hydrogen (secondary N) is 2. The van der Waals surface area contributed by atoms with Gasteiger partial charge >= 0.3 is 0 Å². The maximum atomic E-state index is 4.53. The largest absolute Gasteiger partial charge is 0.385 e. The smallest absolute Gasteiger partial charge is 0.152 e. The van der Waals surface area contributed by atoms with Gasteiger partial charge in [0.05, 0.1) is 0 Å². The van der Waals surface area contributed by atoms with E-state index in [-0.39, 0.29) is 5.41 Å². The Balaban J connectivity index is 1.81. The van der Waals surface area contributed by atoms with Gasteiger partial charge in [0.1, 0.15) is 5.82 Å². The van der Waals surface area contributed by atoms with Crippen LogP contribution < -0.4 is 5.32 Å². The highest BCUT2D eigenvalue weighted by atomic mass is 79.9. The van der Waals surface area contributed by atoms with Crippen LogP contribution in [0.5, 0.6) is 0 Å². The second-order valence-electron chi connectivity index (χ2n) is 6.12. The van der Waals surface area contributed by atoms with Crippen LogP contribution in [0.15, 0.2) is 28.7 Å². The molecule has 1 aromatic heterocycles. The Morgan fingerprint density at radius 3 is 2.55 bits per heavy atom. The predicted octanol–water partition coefficient (Wildman–Crippen LogP) is 3.81. The fraction of sp³-hybridized carbons (Fsp3) is 0.467. The van der Waals surface area contributed by atoms with E-state index in [1.54, 1.807) is 0 Å². The average molecular weight is 337 g/mol. The summed E-state index contributed by atoms with van der Waals surface area (Å²) in [7, 11) is 0. The maximum absolute atomic E-state index is 4.53. The number of hydrogen-bond donors (Lipinski definition) is 2. The third-order valence-electron chi connectivity index (χ3n) is 2.80. The molecule has 0 aliphatic rings. The molecule has 0 aliphatic carbocycles. The molecule has 5 heteroatoms. The Morgan fingerprint density at radius 2 is 1.90 bits per heavy atom. The molecule has 1 heterocycles.